The maximum Gasteiger partial charge on any atom is 0.227 e. The Balaban J connectivity index is 1.37. The van der Waals surface area contributed by atoms with E-state index in [1.807, 2.05) is 31.2 Å². The van der Waals surface area contributed by atoms with Crippen molar-refractivity contribution in [1.82, 2.24) is 14.9 Å². The van der Waals surface area contributed by atoms with Crippen LogP contribution in [0.2, 0.25) is 0 Å². The molecule has 1 aliphatic rings. The van der Waals surface area contributed by atoms with Gasteiger partial charge in [0.25, 0.3) is 0 Å². The summed E-state index contributed by atoms with van der Waals surface area (Å²) in [5.41, 5.74) is 2.98. The molecule has 1 aliphatic heterocycles. The van der Waals surface area contributed by atoms with E-state index >= 15 is 0 Å². The van der Waals surface area contributed by atoms with Crippen LogP contribution in [0.5, 0.6) is 0 Å². The van der Waals surface area contributed by atoms with Crippen molar-refractivity contribution in [3.05, 3.63) is 59.7 Å². The number of halogens is 1. The van der Waals surface area contributed by atoms with Crippen LogP contribution in [0.15, 0.2) is 42.5 Å². The number of hydrogen-bond donors (Lipinski definition) is 1. The number of aromatic nitrogens is 2. The van der Waals surface area contributed by atoms with Crippen molar-refractivity contribution < 1.29 is 14.0 Å². The van der Waals surface area contributed by atoms with Gasteiger partial charge in [0.1, 0.15) is 11.6 Å². The Morgan fingerprint density at radius 3 is 2.83 bits per heavy atom. The zero-order chi connectivity index (χ0) is 20.5. The molecule has 0 spiro atoms. The maximum absolute atomic E-state index is 13.8. The lowest BCUT2D eigenvalue weighted by Crippen LogP contribution is -2.34. The van der Waals surface area contributed by atoms with Crippen molar-refractivity contribution in [3.8, 4) is 0 Å². The molecule has 2 amide bonds. The molecule has 0 saturated carbocycles. The standard InChI is InChI=1S/C22H23FN4O2/c1-14-7-8-17(12-18(14)23)27-13-16(11-21(27)28)22(29)24-9-10-26-15(2)25-19-5-3-4-6-20(19)26/h3-8,12,16H,9-11,13H2,1-2H3,(H,24,29). The van der Waals surface area contributed by atoms with E-state index in [-0.39, 0.29) is 30.6 Å². The van der Waals surface area contributed by atoms with Gasteiger partial charge in [-0.15, -0.1) is 0 Å². The summed E-state index contributed by atoms with van der Waals surface area (Å²) in [6.45, 7) is 4.93. The molecule has 2 heterocycles. The number of carbonyl (C=O) groups excluding carboxylic acids is 2. The zero-order valence-electron chi connectivity index (χ0n) is 16.5. The summed E-state index contributed by atoms with van der Waals surface area (Å²) in [4.78, 5) is 30.9. The smallest absolute Gasteiger partial charge is 0.227 e. The van der Waals surface area contributed by atoms with Gasteiger partial charge in [-0.05, 0) is 43.7 Å². The first-order valence-corrected chi connectivity index (χ1v) is 9.70. The molecule has 1 N–H and O–H groups in total. The van der Waals surface area contributed by atoms with E-state index in [9.17, 15) is 14.0 Å². The Labute approximate surface area is 168 Å². The quantitative estimate of drug-likeness (QED) is 0.724. The highest BCUT2D eigenvalue weighted by Crippen LogP contribution is 2.26. The molecule has 2 aromatic carbocycles. The topological polar surface area (TPSA) is 67.2 Å². The third-order valence-corrected chi connectivity index (χ3v) is 5.44. The van der Waals surface area contributed by atoms with Gasteiger partial charge in [-0.25, -0.2) is 9.37 Å². The molecule has 1 saturated heterocycles. The van der Waals surface area contributed by atoms with E-state index in [0.29, 0.717) is 24.3 Å². The minimum Gasteiger partial charge on any atom is -0.354 e. The van der Waals surface area contributed by atoms with Crippen molar-refractivity contribution in [3.63, 3.8) is 0 Å². The Kier molecular flexibility index (Phi) is 5.05. The molecule has 3 aromatic rings. The number of anilines is 1. The van der Waals surface area contributed by atoms with Crippen LogP contribution in [-0.2, 0) is 16.1 Å². The highest BCUT2D eigenvalue weighted by atomic mass is 19.1. The van der Waals surface area contributed by atoms with E-state index in [1.54, 1.807) is 19.1 Å². The molecule has 1 unspecified atom stereocenters. The molecule has 0 bridgehead atoms. The first kappa shape index (κ1) is 19.1. The zero-order valence-corrected chi connectivity index (χ0v) is 16.5. The number of imidazole rings is 1. The number of rotatable bonds is 5. The summed E-state index contributed by atoms with van der Waals surface area (Å²) in [5, 5.41) is 2.93. The molecule has 150 valence electrons. The molecule has 0 radical (unpaired) electrons. The fourth-order valence-electron chi connectivity index (χ4n) is 3.80. The number of benzene rings is 2. The molecule has 1 atom stereocenters. The van der Waals surface area contributed by atoms with Gasteiger partial charge in [0.05, 0.1) is 17.0 Å². The molecule has 29 heavy (non-hydrogen) atoms. The van der Waals surface area contributed by atoms with E-state index in [2.05, 4.69) is 14.9 Å². The van der Waals surface area contributed by atoms with Gasteiger partial charge in [0.15, 0.2) is 0 Å². The van der Waals surface area contributed by atoms with Crippen LogP contribution in [-0.4, -0.2) is 34.5 Å². The second-order valence-corrected chi connectivity index (χ2v) is 7.43. The second kappa shape index (κ2) is 7.66. The number of para-hydroxylation sites is 2. The largest absolute Gasteiger partial charge is 0.354 e. The van der Waals surface area contributed by atoms with Gasteiger partial charge >= 0.3 is 0 Å². The lowest BCUT2D eigenvalue weighted by Gasteiger charge is -2.17. The maximum atomic E-state index is 13.8. The minimum absolute atomic E-state index is 0.133. The number of carbonyl (C=O) groups is 2. The van der Waals surface area contributed by atoms with Crippen molar-refractivity contribution in [2.45, 2.75) is 26.8 Å². The Morgan fingerprint density at radius 2 is 2.03 bits per heavy atom. The normalized spacial score (nSPS) is 16.6. The highest BCUT2D eigenvalue weighted by molar-refractivity contribution is 6.00. The van der Waals surface area contributed by atoms with Gasteiger partial charge < -0.3 is 14.8 Å². The van der Waals surface area contributed by atoms with Crippen LogP contribution in [0.25, 0.3) is 11.0 Å². The second-order valence-electron chi connectivity index (χ2n) is 7.43. The lowest BCUT2D eigenvalue weighted by atomic mass is 10.1. The summed E-state index contributed by atoms with van der Waals surface area (Å²) in [6.07, 6.45) is 0.133. The van der Waals surface area contributed by atoms with E-state index in [4.69, 9.17) is 0 Å². The van der Waals surface area contributed by atoms with Crippen LogP contribution in [0.3, 0.4) is 0 Å². The third kappa shape index (κ3) is 3.72. The van der Waals surface area contributed by atoms with Crippen molar-refractivity contribution in [2.24, 2.45) is 5.92 Å². The molecule has 4 rings (SSSR count). The Morgan fingerprint density at radius 1 is 1.24 bits per heavy atom. The van der Waals surface area contributed by atoms with Gasteiger partial charge in [-0.3, -0.25) is 9.59 Å². The van der Waals surface area contributed by atoms with E-state index in [0.717, 1.165) is 16.9 Å². The lowest BCUT2D eigenvalue weighted by molar-refractivity contribution is -0.126. The molecule has 1 fully saturated rings. The minimum atomic E-state index is -0.438. The van der Waals surface area contributed by atoms with Gasteiger partial charge in [-0.2, -0.15) is 0 Å². The van der Waals surface area contributed by atoms with Crippen LogP contribution < -0.4 is 10.2 Å². The number of amides is 2. The molecular weight excluding hydrogens is 371 g/mol. The summed E-state index contributed by atoms with van der Waals surface area (Å²) >= 11 is 0. The number of hydrogen-bond acceptors (Lipinski definition) is 3. The van der Waals surface area contributed by atoms with Crippen molar-refractivity contribution in [2.75, 3.05) is 18.0 Å². The van der Waals surface area contributed by atoms with Crippen LogP contribution in [0.1, 0.15) is 17.8 Å². The summed E-state index contributed by atoms with van der Waals surface area (Å²) in [6, 6.07) is 12.6. The van der Waals surface area contributed by atoms with Crippen molar-refractivity contribution in [1.29, 1.82) is 0 Å². The van der Waals surface area contributed by atoms with Crippen molar-refractivity contribution >= 4 is 28.5 Å². The van der Waals surface area contributed by atoms with Crippen LogP contribution >= 0.6 is 0 Å². The summed E-state index contributed by atoms with van der Waals surface area (Å²) < 4.78 is 15.9. The monoisotopic (exact) mass is 394 g/mol. The van der Waals surface area contributed by atoms with Crippen LogP contribution in [0, 0.1) is 25.6 Å². The average Bonchev–Trinajstić information content (AvgIpc) is 3.24. The van der Waals surface area contributed by atoms with E-state index in [1.165, 1.54) is 11.0 Å². The van der Waals surface area contributed by atoms with Gasteiger partial charge in [0, 0.05) is 31.7 Å². The Bertz CT molecular complexity index is 1090. The predicted octanol–water partition coefficient (Wildman–Crippen LogP) is 2.96. The average molecular weight is 394 g/mol. The molecule has 7 heteroatoms. The molecule has 1 aromatic heterocycles. The fraction of sp³-hybridized carbons (Fsp3) is 0.318. The Hall–Kier alpha value is -3.22. The number of fused-ring (bicyclic) bond motifs is 1. The molecule has 0 aliphatic carbocycles. The molecular formula is C22H23FN4O2. The number of nitrogens with zero attached hydrogens (tertiary/aromatic N) is 3. The first-order valence-electron chi connectivity index (χ1n) is 9.70. The highest BCUT2D eigenvalue weighted by Gasteiger charge is 2.35. The predicted molar refractivity (Wildman–Crippen MR) is 109 cm³/mol. The van der Waals surface area contributed by atoms with E-state index < -0.39 is 5.92 Å². The number of nitrogens with one attached hydrogen (secondary N) is 1. The van der Waals surface area contributed by atoms with Gasteiger partial charge in [-0.1, -0.05) is 18.2 Å². The van der Waals surface area contributed by atoms with Gasteiger partial charge in [0.2, 0.25) is 11.8 Å². The third-order valence-electron chi connectivity index (χ3n) is 5.44. The SMILES string of the molecule is Cc1ccc(N2CC(C(=O)NCCn3c(C)nc4ccccc43)CC2=O)cc1F. The molecule has 6 nitrogen and oxygen atoms in total. The number of aryl methyl sites for hydroxylation is 2. The van der Waals surface area contributed by atoms with Crippen LogP contribution in [0.4, 0.5) is 10.1 Å². The fourth-order valence-corrected chi connectivity index (χ4v) is 3.80. The first-order chi connectivity index (χ1) is 13.9. The summed E-state index contributed by atoms with van der Waals surface area (Å²) in [7, 11) is 0. The summed E-state index contributed by atoms with van der Waals surface area (Å²) in [5.74, 6) is -0.219.